The van der Waals surface area contributed by atoms with Gasteiger partial charge in [-0.3, -0.25) is 0 Å². The minimum absolute atomic E-state index is 0.342. The van der Waals surface area contributed by atoms with Crippen molar-refractivity contribution in [3.63, 3.8) is 0 Å². The molecule has 2 aromatic carbocycles. The van der Waals surface area contributed by atoms with E-state index in [0.29, 0.717) is 28.9 Å². The Labute approximate surface area is 145 Å². The lowest BCUT2D eigenvalue weighted by Crippen LogP contribution is -2.30. The zero-order chi connectivity index (χ0) is 16.7. The molecule has 0 heterocycles. The molecular weight excluding hydrogens is 335 g/mol. The second-order valence-electron chi connectivity index (χ2n) is 4.80. The molecule has 6 heteroatoms. The molecule has 0 saturated carbocycles. The monoisotopic (exact) mass is 352 g/mol. The lowest BCUT2D eigenvalue weighted by Gasteiger charge is -2.10. The summed E-state index contributed by atoms with van der Waals surface area (Å²) in [4.78, 5) is 11.9. The van der Waals surface area contributed by atoms with Crippen LogP contribution in [0.4, 0.5) is 10.5 Å². The smallest absolute Gasteiger partial charge is 0.319 e. The number of urea groups is 1. The van der Waals surface area contributed by atoms with Crippen LogP contribution < -0.4 is 15.4 Å². The summed E-state index contributed by atoms with van der Waals surface area (Å²) in [7, 11) is 0. The summed E-state index contributed by atoms with van der Waals surface area (Å²) in [5.74, 6) is 0.843. The number of benzene rings is 2. The first-order valence-electron chi connectivity index (χ1n) is 7.30. The van der Waals surface area contributed by atoms with Crippen LogP contribution in [0.25, 0.3) is 0 Å². The molecule has 0 aliphatic rings. The Balaban J connectivity index is 1.80. The third-order valence-corrected chi connectivity index (χ3v) is 3.76. The van der Waals surface area contributed by atoms with Gasteiger partial charge in [0, 0.05) is 6.54 Å². The maximum atomic E-state index is 11.9. The zero-order valence-electron chi connectivity index (χ0n) is 12.7. The van der Waals surface area contributed by atoms with Crippen molar-refractivity contribution in [1.29, 1.82) is 0 Å². The van der Waals surface area contributed by atoms with E-state index in [-0.39, 0.29) is 6.03 Å². The molecule has 0 atom stereocenters. The molecule has 0 spiro atoms. The van der Waals surface area contributed by atoms with E-state index >= 15 is 0 Å². The second kappa shape index (κ2) is 8.65. The maximum Gasteiger partial charge on any atom is 0.319 e. The molecule has 0 saturated heterocycles. The van der Waals surface area contributed by atoms with Crippen molar-refractivity contribution in [1.82, 2.24) is 5.32 Å². The SMILES string of the molecule is CCOc1ccc(CCNC(=O)Nc2c(Cl)cccc2Cl)cc1. The van der Waals surface area contributed by atoms with Gasteiger partial charge in [0.05, 0.1) is 22.3 Å². The molecule has 0 unspecified atom stereocenters. The van der Waals surface area contributed by atoms with E-state index in [1.807, 2.05) is 31.2 Å². The van der Waals surface area contributed by atoms with E-state index in [9.17, 15) is 4.79 Å². The Bertz CT molecular complexity index is 640. The highest BCUT2D eigenvalue weighted by atomic mass is 35.5. The predicted octanol–water partition coefficient (Wildman–Crippen LogP) is 4.76. The van der Waals surface area contributed by atoms with E-state index < -0.39 is 0 Å². The van der Waals surface area contributed by atoms with Crippen LogP contribution >= 0.6 is 23.2 Å². The number of rotatable bonds is 6. The molecule has 2 amide bonds. The number of ether oxygens (including phenoxy) is 1. The third-order valence-electron chi connectivity index (χ3n) is 3.13. The standard InChI is InChI=1S/C17H18Cl2N2O2/c1-2-23-13-8-6-12(7-9-13)10-11-20-17(22)21-16-14(18)4-3-5-15(16)19/h3-9H,2,10-11H2,1H3,(H2,20,21,22). The first kappa shape index (κ1) is 17.4. The van der Waals surface area contributed by atoms with Gasteiger partial charge in [-0.2, -0.15) is 0 Å². The molecule has 4 nitrogen and oxygen atoms in total. The number of carbonyl (C=O) groups excluding carboxylic acids is 1. The lowest BCUT2D eigenvalue weighted by atomic mass is 10.1. The van der Waals surface area contributed by atoms with Gasteiger partial charge in [0.1, 0.15) is 5.75 Å². The van der Waals surface area contributed by atoms with Gasteiger partial charge in [-0.25, -0.2) is 4.79 Å². The van der Waals surface area contributed by atoms with E-state index in [2.05, 4.69) is 10.6 Å². The van der Waals surface area contributed by atoms with Crippen LogP contribution in [0.1, 0.15) is 12.5 Å². The molecule has 0 radical (unpaired) electrons. The predicted molar refractivity (Wildman–Crippen MR) is 94.8 cm³/mol. The Morgan fingerprint density at radius 3 is 2.35 bits per heavy atom. The average molecular weight is 353 g/mol. The number of halogens is 2. The van der Waals surface area contributed by atoms with Crippen LogP contribution in [0.5, 0.6) is 5.75 Å². The van der Waals surface area contributed by atoms with Gasteiger partial charge >= 0.3 is 6.03 Å². The fourth-order valence-electron chi connectivity index (χ4n) is 2.01. The summed E-state index contributed by atoms with van der Waals surface area (Å²) in [5.41, 5.74) is 1.53. The molecule has 0 aliphatic heterocycles. The molecule has 2 aromatic rings. The van der Waals surface area contributed by atoms with Crippen LogP contribution in [0, 0.1) is 0 Å². The maximum absolute atomic E-state index is 11.9. The van der Waals surface area contributed by atoms with Crippen molar-refractivity contribution in [3.05, 3.63) is 58.1 Å². The number of anilines is 1. The first-order valence-corrected chi connectivity index (χ1v) is 8.06. The molecule has 0 aliphatic carbocycles. The molecule has 122 valence electrons. The van der Waals surface area contributed by atoms with Crippen molar-refractivity contribution in [2.75, 3.05) is 18.5 Å². The van der Waals surface area contributed by atoms with Crippen molar-refractivity contribution >= 4 is 34.9 Å². The number of para-hydroxylation sites is 1. The molecule has 23 heavy (non-hydrogen) atoms. The summed E-state index contributed by atoms with van der Waals surface area (Å²) in [6.07, 6.45) is 0.718. The van der Waals surface area contributed by atoms with Gasteiger partial charge in [-0.05, 0) is 43.2 Å². The van der Waals surface area contributed by atoms with Crippen LogP contribution in [0.15, 0.2) is 42.5 Å². The Hall–Kier alpha value is -1.91. The number of amides is 2. The van der Waals surface area contributed by atoms with Crippen molar-refractivity contribution < 1.29 is 9.53 Å². The number of hydrogen-bond donors (Lipinski definition) is 2. The van der Waals surface area contributed by atoms with Gasteiger partial charge in [0.15, 0.2) is 0 Å². The highest BCUT2D eigenvalue weighted by molar-refractivity contribution is 6.39. The summed E-state index contributed by atoms with van der Waals surface area (Å²) in [6, 6.07) is 12.5. The minimum Gasteiger partial charge on any atom is -0.494 e. The van der Waals surface area contributed by atoms with Gasteiger partial charge in [-0.1, -0.05) is 41.4 Å². The topological polar surface area (TPSA) is 50.4 Å². The van der Waals surface area contributed by atoms with Crippen LogP contribution in [-0.2, 0) is 6.42 Å². The molecule has 2 rings (SSSR count). The van der Waals surface area contributed by atoms with Crippen LogP contribution in [0.2, 0.25) is 10.0 Å². The normalized spacial score (nSPS) is 10.2. The van der Waals surface area contributed by atoms with Gasteiger partial charge in [-0.15, -0.1) is 0 Å². The fourth-order valence-corrected chi connectivity index (χ4v) is 2.51. The van der Waals surface area contributed by atoms with Crippen LogP contribution in [-0.4, -0.2) is 19.2 Å². The quantitative estimate of drug-likeness (QED) is 0.787. The summed E-state index contributed by atoms with van der Waals surface area (Å²) < 4.78 is 5.39. The average Bonchev–Trinajstić information content (AvgIpc) is 2.53. The van der Waals surface area contributed by atoms with Gasteiger partial charge < -0.3 is 15.4 Å². The third kappa shape index (κ3) is 5.34. The highest BCUT2D eigenvalue weighted by Gasteiger charge is 2.08. The highest BCUT2D eigenvalue weighted by Crippen LogP contribution is 2.29. The summed E-state index contributed by atoms with van der Waals surface area (Å²) in [5, 5.41) is 6.24. The molecule has 0 bridgehead atoms. The zero-order valence-corrected chi connectivity index (χ0v) is 14.2. The lowest BCUT2D eigenvalue weighted by molar-refractivity contribution is 0.252. The molecule has 0 fully saturated rings. The van der Waals surface area contributed by atoms with Gasteiger partial charge in [0.25, 0.3) is 0 Å². The van der Waals surface area contributed by atoms with E-state index in [1.54, 1.807) is 18.2 Å². The van der Waals surface area contributed by atoms with E-state index in [0.717, 1.165) is 17.7 Å². The Morgan fingerprint density at radius 1 is 1.09 bits per heavy atom. The largest absolute Gasteiger partial charge is 0.494 e. The Morgan fingerprint density at radius 2 is 1.74 bits per heavy atom. The Kier molecular flexibility index (Phi) is 6.56. The van der Waals surface area contributed by atoms with Crippen molar-refractivity contribution in [2.24, 2.45) is 0 Å². The van der Waals surface area contributed by atoms with E-state index in [4.69, 9.17) is 27.9 Å². The first-order chi connectivity index (χ1) is 11.1. The second-order valence-corrected chi connectivity index (χ2v) is 5.62. The van der Waals surface area contributed by atoms with Crippen LogP contribution in [0.3, 0.4) is 0 Å². The number of carbonyl (C=O) groups is 1. The number of hydrogen-bond acceptors (Lipinski definition) is 2. The fraction of sp³-hybridized carbons (Fsp3) is 0.235. The van der Waals surface area contributed by atoms with Gasteiger partial charge in [0.2, 0.25) is 0 Å². The summed E-state index contributed by atoms with van der Waals surface area (Å²) in [6.45, 7) is 3.09. The van der Waals surface area contributed by atoms with Crippen molar-refractivity contribution in [2.45, 2.75) is 13.3 Å². The molecular formula is C17H18Cl2N2O2. The molecule has 2 N–H and O–H groups in total. The number of nitrogens with one attached hydrogen (secondary N) is 2. The molecule has 0 aromatic heterocycles. The summed E-state index contributed by atoms with van der Waals surface area (Å²) >= 11 is 12.0. The van der Waals surface area contributed by atoms with E-state index in [1.165, 1.54) is 0 Å². The minimum atomic E-state index is -0.342. The van der Waals surface area contributed by atoms with Crippen molar-refractivity contribution in [3.8, 4) is 5.75 Å².